The van der Waals surface area contributed by atoms with Crippen molar-refractivity contribution in [3.8, 4) is 17.2 Å². The Labute approximate surface area is 171 Å². The number of hydrogen-bond donors (Lipinski definition) is 0. The largest absolute Gasteiger partial charge is 0.497 e. The Morgan fingerprint density at radius 1 is 0.897 bits per heavy atom. The Bertz CT molecular complexity index is 941. The van der Waals surface area contributed by atoms with Gasteiger partial charge in [-0.15, -0.1) is 0 Å². The van der Waals surface area contributed by atoms with Crippen molar-refractivity contribution in [2.75, 3.05) is 34.4 Å². The summed E-state index contributed by atoms with van der Waals surface area (Å²) in [4.78, 5) is 15.0. The third-order valence-corrected chi connectivity index (χ3v) is 7.48. The number of carbonyl (C=O) groups is 1. The van der Waals surface area contributed by atoms with E-state index >= 15 is 0 Å². The van der Waals surface area contributed by atoms with Gasteiger partial charge in [0.05, 0.1) is 31.5 Å². The summed E-state index contributed by atoms with van der Waals surface area (Å²) in [5.41, 5.74) is 0.356. The fourth-order valence-corrected chi connectivity index (χ4v) is 5.28. The minimum atomic E-state index is -3.47. The van der Waals surface area contributed by atoms with Crippen molar-refractivity contribution in [1.82, 2.24) is 4.90 Å². The number of hydrogen-bond acceptors (Lipinski definition) is 6. The molecule has 1 aliphatic heterocycles. The average Bonchev–Trinajstić information content (AvgIpc) is 2.78. The van der Waals surface area contributed by atoms with Gasteiger partial charge >= 0.3 is 0 Å². The van der Waals surface area contributed by atoms with E-state index in [9.17, 15) is 13.2 Å². The van der Waals surface area contributed by atoms with Gasteiger partial charge in [0.2, 0.25) is 0 Å². The van der Waals surface area contributed by atoms with E-state index in [1.165, 1.54) is 21.3 Å². The Hall–Kier alpha value is -2.74. The SMILES string of the molecule is COc1ccc(S(=O)(=O)C2CCN(C(=O)c3c(OC)cccc3OC)CC2)cc1. The lowest BCUT2D eigenvalue weighted by Gasteiger charge is -2.32. The predicted molar refractivity (Wildman–Crippen MR) is 109 cm³/mol. The second-order valence-electron chi connectivity index (χ2n) is 6.75. The fraction of sp³-hybridized carbons (Fsp3) is 0.381. The van der Waals surface area contributed by atoms with Gasteiger partial charge < -0.3 is 19.1 Å². The van der Waals surface area contributed by atoms with Crippen LogP contribution in [0.2, 0.25) is 0 Å². The van der Waals surface area contributed by atoms with Gasteiger partial charge in [0.1, 0.15) is 22.8 Å². The van der Waals surface area contributed by atoms with Crippen LogP contribution in [0.3, 0.4) is 0 Å². The van der Waals surface area contributed by atoms with Crippen LogP contribution in [-0.4, -0.2) is 58.9 Å². The lowest BCUT2D eigenvalue weighted by atomic mass is 10.1. The van der Waals surface area contributed by atoms with Crippen molar-refractivity contribution in [2.45, 2.75) is 23.0 Å². The monoisotopic (exact) mass is 419 g/mol. The number of likely N-dealkylation sites (tertiary alicyclic amines) is 1. The molecule has 8 heteroatoms. The molecular formula is C21H25NO6S. The van der Waals surface area contributed by atoms with Crippen LogP contribution in [0.4, 0.5) is 0 Å². The molecule has 1 aliphatic rings. The van der Waals surface area contributed by atoms with Gasteiger partial charge in [-0.25, -0.2) is 8.42 Å². The van der Waals surface area contributed by atoms with Crippen molar-refractivity contribution in [1.29, 1.82) is 0 Å². The lowest BCUT2D eigenvalue weighted by Crippen LogP contribution is -2.42. The molecule has 1 heterocycles. The molecule has 0 unspecified atom stereocenters. The highest BCUT2D eigenvalue weighted by molar-refractivity contribution is 7.92. The summed E-state index contributed by atoms with van der Waals surface area (Å²) in [5.74, 6) is 1.25. The van der Waals surface area contributed by atoms with Crippen molar-refractivity contribution < 1.29 is 27.4 Å². The number of sulfone groups is 1. The molecule has 0 bridgehead atoms. The van der Waals surface area contributed by atoms with E-state index < -0.39 is 15.1 Å². The molecule has 0 N–H and O–H groups in total. The number of methoxy groups -OCH3 is 3. The molecule has 0 aromatic heterocycles. The van der Waals surface area contributed by atoms with Crippen LogP contribution in [0, 0.1) is 0 Å². The van der Waals surface area contributed by atoms with Gasteiger partial charge in [0.25, 0.3) is 5.91 Å². The molecule has 1 fully saturated rings. The summed E-state index contributed by atoms with van der Waals surface area (Å²) < 4.78 is 41.6. The molecule has 0 spiro atoms. The molecule has 2 aromatic carbocycles. The maximum atomic E-state index is 13.1. The van der Waals surface area contributed by atoms with Gasteiger partial charge in [-0.2, -0.15) is 0 Å². The first-order valence-electron chi connectivity index (χ1n) is 9.30. The number of nitrogens with zero attached hydrogens (tertiary/aromatic N) is 1. The number of rotatable bonds is 6. The Morgan fingerprint density at radius 3 is 1.93 bits per heavy atom. The summed E-state index contributed by atoms with van der Waals surface area (Å²) in [5, 5.41) is -0.528. The molecule has 0 radical (unpaired) electrons. The predicted octanol–water partition coefficient (Wildman–Crippen LogP) is 2.79. The van der Waals surface area contributed by atoms with Crippen LogP contribution in [0.1, 0.15) is 23.2 Å². The zero-order valence-corrected chi connectivity index (χ0v) is 17.6. The van der Waals surface area contributed by atoms with E-state index in [1.54, 1.807) is 47.4 Å². The second kappa shape index (κ2) is 8.73. The van der Waals surface area contributed by atoms with Crippen LogP contribution in [0.25, 0.3) is 0 Å². The lowest BCUT2D eigenvalue weighted by molar-refractivity contribution is 0.0718. The minimum absolute atomic E-state index is 0.223. The van der Waals surface area contributed by atoms with Crippen molar-refractivity contribution in [3.63, 3.8) is 0 Å². The molecule has 1 amide bonds. The van der Waals surface area contributed by atoms with Gasteiger partial charge in [-0.1, -0.05) is 6.07 Å². The van der Waals surface area contributed by atoms with E-state index in [0.717, 1.165) is 0 Å². The molecule has 7 nitrogen and oxygen atoms in total. The first kappa shape index (κ1) is 21.0. The first-order valence-corrected chi connectivity index (χ1v) is 10.8. The average molecular weight is 419 g/mol. The van der Waals surface area contributed by atoms with E-state index in [0.29, 0.717) is 48.7 Å². The fourth-order valence-electron chi connectivity index (χ4n) is 3.55. The third kappa shape index (κ3) is 4.17. The van der Waals surface area contributed by atoms with Crippen molar-refractivity contribution in [3.05, 3.63) is 48.0 Å². The molecule has 29 heavy (non-hydrogen) atoms. The van der Waals surface area contributed by atoms with Crippen LogP contribution in [0.5, 0.6) is 17.2 Å². The number of carbonyl (C=O) groups excluding carboxylic acids is 1. The molecule has 0 aliphatic carbocycles. The van der Waals surface area contributed by atoms with Gasteiger partial charge in [0.15, 0.2) is 9.84 Å². The Balaban J connectivity index is 1.74. The second-order valence-corrected chi connectivity index (χ2v) is 8.98. The zero-order valence-electron chi connectivity index (χ0n) is 16.8. The normalized spacial score (nSPS) is 15.1. The molecular weight excluding hydrogens is 394 g/mol. The zero-order chi connectivity index (χ0) is 21.0. The Morgan fingerprint density at radius 2 is 1.45 bits per heavy atom. The number of ether oxygens (including phenoxy) is 3. The highest BCUT2D eigenvalue weighted by Crippen LogP contribution is 2.32. The number of piperidine rings is 1. The highest BCUT2D eigenvalue weighted by atomic mass is 32.2. The van der Waals surface area contributed by atoms with Crippen molar-refractivity contribution in [2.24, 2.45) is 0 Å². The molecule has 3 rings (SSSR count). The van der Waals surface area contributed by atoms with E-state index in [2.05, 4.69) is 0 Å². The number of benzene rings is 2. The summed E-state index contributed by atoms with van der Waals surface area (Å²) in [6.07, 6.45) is 0.745. The van der Waals surface area contributed by atoms with E-state index in [4.69, 9.17) is 14.2 Å². The first-order chi connectivity index (χ1) is 13.9. The third-order valence-electron chi connectivity index (χ3n) is 5.20. The van der Waals surface area contributed by atoms with Gasteiger partial charge in [0, 0.05) is 13.1 Å². The van der Waals surface area contributed by atoms with Crippen LogP contribution in [0.15, 0.2) is 47.4 Å². The van der Waals surface area contributed by atoms with Crippen LogP contribution < -0.4 is 14.2 Å². The standard InChI is InChI=1S/C21H25NO6S/c1-26-15-7-9-16(10-8-15)29(24,25)17-11-13-22(14-12-17)21(23)20-18(27-2)5-4-6-19(20)28-3/h4-10,17H,11-14H2,1-3H3. The van der Waals surface area contributed by atoms with Crippen LogP contribution >= 0.6 is 0 Å². The molecule has 1 saturated heterocycles. The summed E-state index contributed by atoms with van der Waals surface area (Å²) in [7, 11) is 1.06. The van der Waals surface area contributed by atoms with Gasteiger partial charge in [-0.3, -0.25) is 4.79 Å². The number of amides is 1. The smallest absolute Gasteiger partial charge is 0.261 e. The topological polar surface area (TPSA) is 82.1 Å². The summed E-state index contributed by atoms with van der Waals surface area (Å²) in [6, 6.07) is 11.6. The van der Waals surface area contributed by atoms with E-state index in [1.807, 2.05) is 0 Å². The van der Waals surface area contributed by atoms with Gasteiger partial charge in [-0.05, 0) is 49.2 Å². The minimum Gasteiger partial charge on any atom is -0.497 e. The summed E-state index contributed by atoms with van der Waals surface area (Å²) in [6.45, 7) is 0.695. The maximum Gasteiger partial charge on any atom is 0.261 e. The maximum absolute atomic E-state index is 13.1. The quantitative estimate of drug-likeness (QED) is 0.716. The Kier molecular flexibility index (Phi) is 6.32. The summed E-state index contributed by atoms with van der Waals surface area (Å²) >= 11 is 0. The molecule has 0 atom stereocenters. The molecule has 2 aromatic rings. The van der Waals surface area contributed by atoms with Crippen molar-refractivity contribution >= 4 is 15.7 Å². The molecule has 156 valence electrons. The molecule has 0 saturated carbocycles. The van der Waals surface area contributed by atoms with Crippen LogP contribution in [-0.2, 0) is 9.84 Å². The van der Waals surface area contributed by atoms with E-state index in [-0.39, 0.29) is 10.8 Å². The highest BCUT2D eigenvalue weighted by Gasteiger charge is 2.34.